The van der Waals surface area contributed by atoms with Crippen LogP contribution in [0, 0.1) is 11.8 Å². The Labute approximate surface area is 170 Å². The van der Waals surface area contributed by atoms with E-state index in [2.05, 4.69) is 26.9 Å². The summed E-state index contributed by atoms with van der Waals surface area (Å²) < 4.78 is 1.42. The average molecular weight is 413 g/mol. The summed E-state index contributed by atoms with van der Waals surface area (Å²) in [6, 6.07) is 5.20. The Bertz CT molecular complexity index is 1170. The first-order valence-corrected chi connectivity index (χ1v) is 9.19. The topological polar surface area (TPSA) is 130 Å². The van der Waals surface area contributed by atoms with Crippen LogP contribution in [0.2, 0.25) is 5.02 Å². The second kappa shape index (κ2) is 7.33. The van der Waals surface area contributed by atoms with E-state index < -0.39 is 12.2 Å². The number of fused-ring (bicyclic) bond motifs is 1. The number of carbonyl (C=O) groups is 1. The molecule has 0 unspecified atom stereocenters. The Balaban J connectivity index is 1.90. The highest BCUT2D eigenvalue weighted by atomic mass is 35.5. The zero-order valence-electron chi connectivity index (χ0n) is 15.4. The van der Waals surface area contributed by atoms with Crippen molar-refractivity contribution in [3.8, 4) is 17.7 Å². The second-order valence-corrected chi connectivity index (χ2v) is 7.11. The van der Waals surface area contributed by atoms with Crippen molar-refractivity contribution in [2.45, 2.75) is 19.1 Å². The molecule has 1 aliphatic rings. The van der Waals surface area contributed by atoms with Gasteiger partial charge in [0.25, 0.3) is 5.91 Å². The number of halogens is 1. The average Bonchev–Trinajstić information content (AvgIpc) is 3.04. The summed E-state index contributed by atoms with van der Waals surface area (Å²) in [5, 5.41) is 24.2. The fourth-order valence-electron chi connectivity index (χ4n) is 2.99. The number of benzene rings is 1. The van der Waals surface area contributed by atoms with Crippen LogP contribution in [0.25, 0.3) is 16.7 Å². The lowest BCUT2D eigenvalue weighted by Crippen LogP contribution is -2.53. The summed E-state index contributed by atoms with van der Waals surface area (Å²) in [5.41, 5.74) is 7.08. The molecular weight excluding hydrogens is 396 g/mol. The third kappa shape index (κ3) is 3.61. The van der Waals surface area contributed by atoms with Crippen molar-refractivity contribution >= 4 is 34.4 Å². The van der Waals surface area contributed by atoms with Crippen LogP contribution in [0.3, 0.4) is 0 Å². The van der Waals surface area contributed by atoms with E-state index in [0.717, 1.165) is 0 Å². The van der Waals surface area contributed by atoms with E-state index in [-0.39, 0.29) is 41.5 Å². The maximum Gasteiger partial charge on any atom is 0.275 e. The predicted octanol–water partition coefficient (Wildman–Crippen LogP) is 0.600. The molecule has 3 aromatic rings. The van der Waals surface area contributed by atoms with Gasteiger partial charge < -0.3 is 20.8 Å². The summed E-state index contributed by atoms with van der Waals surface area (Å²) in [6.45, 7) is 2.08. The highest BCUT2D eigenvalue weighted by molar-refractivity contribution is 6.32. The van der Waals surface area contributed by atoms with E-state index in [1.807, 2.05) is 0 Å². The van der Waals surface area contributed by atoms with Gasteiger partial charge in [0.15, 0.2) is 11.5 Å². The molecule has 0 radical (unpaired) electrons. The standard InChI is InChI=1S/C19H17ClN6O3/c1-10(27)2-3-11-4-5-13-15(6-11)26(17-14(20)7-22-19(21)23-17)24-16(13)18(29)25-8-12(28)9-25/h4-7,10,12,27-28H,8-9H2,1H3,(H2,21,22,23)/t10-/m1/s1. The van der Waals surface area contributed by atoms with Gasteiger partial charge in [-0.3, -0.25) is 4.79 Å². The lowest BCUT2D eigenvalue weighted by molar-refractivity contribution is 0.00560. The quantitative estimate of drug-likeness (QED) is 0.525. The first-order chi connectivity index (χ1) is 13.8. The van der Waals surface area contributed by atoms with Crippen molar-refractivity contribution in [1.29, 1.82) is 0 Å². The Morgan fingerprint density at radius 3 is 2.86 bits per heavy atom. The van der Waals surface area contributed by atoms with Gasteiger partial charge in [0, 0.05) is 24.0 Å². The largest absolute Gasteiger partial charge is 0.389 e. The number of hydrogen-bond acceptors (Lipinski definition) is 7. The molecule has 4 N–H and O–H groups in total. The Morgan fingerprint density at radius 1 is 1.41 bits per heavy atom. The molecule has 2 aromatic heterocycles. The molecule has 1 aliphatic heterocycles. The Kier molecular flexibility index (Phi) is 4.84. The number of aliphatic hydroxyl groups excluding tert-OH is 2. The number of hydrogen-bond donors (Lipinski definition) is 3. The van der Waals surface area contributed by atoms with Gasteiger partial charge in [0.05, 0.1) is 17.8 Å². The van der Waals surface area contributed by atoms with Gasteiger partial charge in [-0.15, -0.1) is 0 Å². The van der Waals surface area contributed by atoms with Gasteiger partial charge in [-0.25, -0.2) is 9.67 Å². The number of nitrogens with zero attached hydrogens (tertiary/aromatic N) is 5. The SMILES string of the molecule is C[C@@H](O)C#Cc1ccc2c(C(=O)N3CC(O)C3)nn(-c3nc(N)ncc3Cl)c2c1. The number of likely N-dealkylation sites (tertiary alicyclic amines) is 1. The number of aliphatic hydroxyl groups is 2. The number of amides is 1. The van der Waals surface area contributed by atoms with Crippen molar-refractivity contribution in [3.63, 3.8) is 0 Å². The molecule has 3 heterocycles. The van der Waals surface area contributed by atoms with Crippen molar-refractivity contribution in [1.82, 2.24) is 24.6 Å². The molecule has 0 aliphatic carbocycles. The van der Waals surface area contributed by atoms with Gasteiger partial charge in [-0.1, -0.05) is 23.4 Å². The molecule has 10 heteroatoms. The Morgan fingerprint density at radius 2 is 2.17 bits per heavy atom. The predicted molar refractivity (Wildman–Crippen MR) is 107 cm³/mol. The van der Waals surface area contributed by atoms with Crippen LogP contribution in [0.15, 0.2) is 24.4 Å². The lowest BCUT2D eigenvalue weighted by atomic mass is 10.1. The molecule has 9 nitrogen and oxygen atoms in total. The van der Waals surface area contributed by atoms with Crippen LogP contribution >= 0.6 is 11.6 Å². The third-order valence-corrected chi connectivity index (χ3v) is 4.67. The second-order valence-electron chi connectivity index (χ2n) is 6.70. The summed E-state index contributed by atoms with van der Waals surface area (Å²) in [4.78, 5) is 22.4. The van der Waals surface area contributed by atoms with Gasteiger partial charge in [0.1, 0.15) is 11.1 Å². The molecule has 1 amide bonds. The minimum atomic E-state index is -0.776. The third-order valence-electron chi connectivity index (χ3n) is 4.40. The molecule has 4 rings (SSSR count). The van der Waals surface area contributed by atoms with Crippen molar-refractivity contribution in [3.05, 3.63) is 40.7 Å². The van der Waals surface area contributed by atoms with Crippen LogP contribution in [0.5, 0.6) is 0 Å². The number of β-amino-alcohol motifs (C(OH)–C–C–N with tert-alkyl or cyclic N) is 1. The van der Waals surface area contributed by atoms with E-state index in [1.54, 1.807) is 25.1 Å². The molecule has 1 atom stereocenters. The highest BCUT2D eigenvalue weighted by Gasteiger charge is 2.32. The molecule has 1 fully saturated rings. The molecular formula is C19H17ClN6O3. The van der Waals surface area contributed by atoms with Crippen LogP contribution in [-0.4, -0.2) is 66.1 Å². The van der Waals surface area contributed by atoms with E-state index >= 15 is 0 Å². The van der Waals surface area contributed by atoms with E-state index in [0.29, 0.717) is 16.5 Å². The molecule has 1 aromatic carbocycles. The Hall–Kier alpha value is -3.19. The maximum absolute atomic E-state index is 12.9. The minimum Gasteiger partial charge on any atom is -0.389 e. The van der Waals surface area contributed by atoms with Gasteiger partial charge in [0.2, 0.25) is 5.95 Å². The summed E-state index contributed by atoms with van der Waals surface area (Å²) in [6.07, 6.45) is 0.0596. The zero-order chi connectivity index (χ0) is 20.7. The molecule has 29 heavy (non-hydrogen) atoms. The van der Waals surface area contributed by atoms with Gasteiger partial charge >= 0.3 is 0 Å². The molecule has 0 bridgehead atoms. The summed E-state index contributed by atoms with van der Waals surface area (Å²) in [7, 11) is 0. The van der Waals surface area contributed by atoms with Crippen molar-refractivity contribution in [2.75, 3.05) is 18.8 Å². The molecule has 148 valence electrons. The minimum absolute atomic E-state index is 0.0110. The number of anilines is 1. The number of carbonyl (C=O) groups excluding carboxylic acids is 1. The molecule has 0 saturated carbocycles. The fourth-order valence-corrected chi connectivity index (χ4v) is 3.16. The van der Waals surface area contributed by atoms with Crippen LogP contribution in [-0.2, 0) is 0 Å². The zero-order valence-corrected chi connectivity index (χ0v) is 16.1. The number of rotatable bonds is 2. The smallest absolute Gasteiger partial charge is 0.275 e. The van der Waals surface area contributed by atoms with Gasteiger partial charge in [-0.2, -0.15) is 10.1 Å². The highest BCUT2D eigenvalue weighted by Crippen LogP contribution is 2.28. The molecule has 1 saturated heterocycles. The van der Waals surface area contributed by atoms with Crippen molar-refractivity contribution in [2.24, 2.45) is 0 Å². The number of aromatic nitrogens is 4. The monoisotopic (exact) mass is 412 g/mol. The first-order valence-electron chi connectivity index (χ1n) is 8.81. The van der Waals surface area contributed by atoms with E-state index in [9.17, 15) is 15.0 Å². The summed E-state index contributed by atoms with van der Waals surface area (Å²) >= 11 is 6.25. The maximum atomic E-state index is 12.9. The number of nitrogen functional groups attached to an aromatic ring is 1. The lowest BCUT2D eigenvalue weighted by Gasteiger charge is -2.35. The normalized spacial score (nSPS) is 15.0. The van der Waals surface area contributed by atoms with Crippen LogP contribution < -0.4 is 5.73 Å². The fraction of sp³-hybridized carbons (Fsp3) is 0.263. The van der Waals surface area contributed by atoms with Gasteiger partial charge in [-0.05, 0) is 25.1 Å². The van der Waals surface area contributed by atoms with Crippen LogP contribution in [0.1, 0.15) is 23.0 Å². The van der Waals surface area contributed by atoms with E-state index in [1.165, 1.54) is 15.8 Å². The number of nitrogens with two attached hydrogens (primary N) is 1. The van der Waals surface area contributed by atoms with E-state index in [4.69, 9.17) is 17.3 Å². The van der Waals surface area contributed by atoms with Crippen molar-refractivity contribution < 1.29 is 15.0 Å². The molecule has 0 spiro atoms. The first kappa shape index (κ1) is 19.1. The summed E-state index contributed by atoms with van der Waals surface area (Å²) in [5.74, 6) is 5.48. The van der Waals surface area contributed by atoms with Crippen LogP contribution in [0.4, 0.5) is 5.95 Å².